The lowest BCUT2D eigenvalue weighted by molar-refractivity contribution is -0.114. The van der Waals surface area contributed by atoms with Crippen molar-refractivity contribution in [2.75, 3.05) is 65.6 Å². The molecule has 4 rings (SSSR count). The molecular weight excluding hydrogens is 490 g/mol. The van der Waals surface area contributed by atoms with Gasteiger partial charge in [0, 0.05) is 32.3 Å². The van der Waals surface area contributed by atoms with E-state index in [0.717, 1.165) is 55.0 Å². The lowest BCUT2D eigenvalue weighted by Gasteiger charge is -2.27. The van der Waals surface area contributed by atoms with Crippen molar-refractivity contribution in [2.24, 2.45) is 0 Å². The number of amides is 1. The summed E-state index contributed by atoms with van der Waals surface area (Å²) in [5.41, 5.74) is 4.10. The molecule has 0 atom stereocenters. The van der Waals surface area contributed by atoms with Crippen molar-refractivity contribution in [2.45, 2.75) is 20.3 Å². The number of hydrogen-bond donors (Lipinski definition) is 0. The molecule has 37 heavy (non-hydrogen) atoms. The van der Waals surface area contributed by atoms with Crippen LogP contribution in [0.1, 0.15) is 23.1 Å². The number of morpholine rings is 1. The standard InChI is InChI=1S/C28H35N3O5S/c1-19-15-22-25(16-20(19)2)37-28(29-22)31(10-6-9-30-11-13-36-14-12-30)26(32)8-7-21-17-23(33-3)27(35-5)24(18-21)34-4/h7-8,15-18H,6,9-14H2,1-5H3/b8-7+. The zero-order valence-corrected chi connectivity index (χ0v) is 23.0. The molecule has 8 nitrogen and oxygen atoms in total. The maximum absolute atomic E-state index is 13.5. The van der Waals surface area contributed by atoms with E-state index in [1.165, 1.54) is 11.1 Å². The highest BCUT2D eigenvalue weighted by molar-refractivity contribution is 7.22. The van der Waals surface area contributed by atoms with E-state index in [-0.39, 0.29) is 5.91 Å². The molecule has 0 bridgehead atoms. The predicted octanol–water partition coefficient (Wildman–Crippen LogP) is 4.71. The number of rotatable bonds is 10. The van der Waals surface area contributed by atoms with E-state index in [9.17, 15) is 4.79 Å². The third-order valence-electron chi connectivity index (χ3n) is 6.55. The van der Waals surface area contributed by atoms with Gasteiger partial charge in [-0.2, -0.15) is 0 Å². The van der Waals surface area contributed by atoms with E-state index in [4.69, 9.17) is 23.9 Å². The van der Waals surface area contributed by atoms with Gasteiger partial charge < -0.3 is 18.9 Å². The monoisotopic (exact) mass is 525 g/mol. The summed E-state index contributed by atoms with van der Waals surface area (Å²) in [5, 5.41) is 0.710. The third-order valence-corrected chi connectivity index (χ3v) is 7.60. The minimum atomic E-state index is -0.122. The van der Waals surface area contributed by atoms with Gasteiger partial charge in [-0.3, -0.25) is 14.6 Å². The summed E-state index contributed by atoms with van der Waals surface area (Å²) in [6.45, 7) is 9.04. The second kappa shape index (κ2) is 12.4. The van der Waals surface area contributed by atoms with Gasteiger partial charge in [0.25, 0.3) is 5.91 Å². The van der Waals surface area contributed by atoms with Crippen molar-refractivity contribution < 1.29 is 23.7 Å². The molecule has 9 heteroatoms. The Hall–Kier alpha value is -3.14. The number of anilines is 1. The maximum Gasteiger partial charge on any atom is 0.252 e. The lowest BCUT2D eigenvalue weighted by atomic mass is 10.1. The molecule has 0 saturated carbocycles. The Bertz CT molecular complexity index is 1200. The van der Waals surface area contributed by atoms with Crippen molar-refractivity contribution >= 4 is 38.7 Å². The van der Waals surface area contributed by atoms with Crippen LogP contribution in [0.4, 0.5) is 5.13 Å². The fraction of sp³-hybridized carbons (Fsp3) is 0.429. The Morgan fingerprint density at radius 1 is 1.05 bits per heavy atom. The molecule has 2 aromatic carbocycles. The first-order valence-corrected chi connectivity index (χ1v) is 13.2. The van der Waals surface area contributed by atoms with Crippen molar-refractivity contribution in [3.05, 3.63) is 47.0 Å². The Balaban J connectivity index is 1.59. The molecule has 1 fully saturated rings. The van der Waals surface area contributed by atoms with E-state index >= 15 is 0 Å². The minimum Gasteiger partial charge on any atom is -0.493 e. The van der Waals surface area contributed by atoms with E-state index in [2.05, 4.69) is 30.9 Å². The van der Waals surface area contributed by atoms with E-state index in [1.807, 2.05) is 12.1 Å². The molecule has 198 valence electrons. The molecule has 0 aliphatic carbocycles. The molecule has 3 aromatic rings. The van der Waals surface area contributed by atoms with Crippen LogP contribution in [0.25, 0.3) is 16.3 Å². The summed E-state index contributed by atoms with van der Waals surface area (Å²) < 4.78 is 22.8. The molecule has 1 aromatic heterocycles. The van der Waals surface area contributed by atoms with Gasteiger partial charge >= 0.3 is 0 Å². The second-order valence-corrected chi connectivity index (χ2v) is 10.00. The quantitative estimate of drug-likeness (QED) is 0.355. The number of aryl methyl sites for hydroxylation is 2. The summed E-state index contributed by atoms with van der Waals surface area (Å²) in [6, 6.07) is 7.87. The zero-order chi connectivity index (χ0) is 26.4. The first kappa shape index (κ1) is 26.9. The van der Waals surface area contributed by atoms with Crippen molar-refractivity contribution in [3.63, 3.8) is 0 Å². The molecule has 1 aliphatic heterocycles. The van der Waals surface area contributed by atoms with Gasteiger partial charge in [-0.25, -0.2) is 4.98 Å². The number of benzene rings is 2. The van der Waals surface area contributed by atoms with Crippen LogP contribution in [0.3, 0.4) is 0 Å². The van der Waals surface area contributed by atoms with Gasteiger partial charge in [-0.1, -0.05) is 11.3 Å². The molecule has 0 spiro atoms. The predicted molar refractivity (Wildman–Crippen MR) is 148 cm³/mol. The summed E-state index contributed by atoms with van der Waals surface area (Å²) in [4.78, 5) is 22.5. The maximum atomic E-state index is 13.5. The summed E-state index contributed by atoms with van der Waals surface area (Å²) in [6.07, 6.45) is 4.19. The van der Waals surface area contributed by atoms with E-state index < -0.39 is 0 Å². The number of carbonyl (C=O) groups excluding carboxylic acids is 1. The van der Waals surface area contributed by atoms with Crippen LogP contribution in [0.2, 0.25) is 0 Å². The molecule has 0 unspecified atom stereocenters. The highest BCUT2D eigenvalue weighted by atomic mass is 32.1. The minimum absolute atomic E-state index is 0.122. The Kier molecular flexibility index (Phi) is 9.02. The number of hydrogen-bond acceptors (Lipinski definition) is 8. The van der Waals surface area contributed by atoms with Crippen molar-refractivity contribution in [3.8, 4) is 17.2 Å². The Labute approximate surface area is 222 Å². The molecule has 1 aliphatic rings. The third kappa shape index (κ3) is 6.41. The number of aromatic nitrogens is 1. The van der Waals surface area contributed by atoms with Crippen molar-refractivity contribution in [1.29, 1.82) is 0 Å². The summed E-state index contributed by atoms with van der Waals surface area (Å²) in [7, 11) is 4.71. The molecular formula is C28H35N3O5S. The average Bonchev–Trinajstić information content (AvgIpc) is 3.31. The Morgan fingerprint density at radius 2 is 1.73 bits per heavy atom. The SMILES string of the molecule is COc1cc(/C=C/C(=O)N(CCCN2CCOCC2)c2nc3cc(C)c(C)cc3s2)cc(OC)c1OC. The van der Waals surface area contributed by atoms with Crippen LogP contribution < -0.4 is 19.1 Å². The van der Waals surface area contributed by atoms with Crippen LogP contribution in [0.15, 0.2) is 30.3 Å². The first-order chi connectivity index (χ1) is 17.9. The fourth-order valence-electron chi connectivity index (χ4n) is 4.32. The number of ether oxygens (including phenoxy) is 4. The van der Waals surface area contributed by atoms with Crippen LogP contribution in [0.5, 0.6) is 17.2 Å². The van der Waals surface area contributed by atoms with Crippen LogP contribution in [0, 0.1) is 13.8 Å². The van der Waals surface area contributed by atoms with E-state index in [1.54, 1.807) is 49.7 Å². The highest BCUT2D eigenvalue weighted by Crippen LogP contribution is 2.38. The number of carbonyl (C=O) groups is 1. The number of nitrogens with zero attached hydrogens (tertiary/aromatic N) is 3. The molecule has 0 N–H and O–H groups in total. The first-order valence-electron chi connectivity index (χ1n) is 12.4. The number of fused-ring (bicyclic) bond motifs is 1. The van der Waals surface area contributed by atoms with Crippen LogP contribution in [-0.4, -0.2) is 76.5 Å². The van der Waals surface area contributed by atoms with Gasteiger partial charge in [0.15, 0.2) is 16.6 Å². The number of methoxy groups -OCH3 is 3. The smallest absolute Gasteiger partial charge is 0.252 e. The normalized spacial score (nSPS) is 14.3. The molecule has 1 amide bonds. The number of thiazole rings is 1. The molecule has 1 saturated heterocycles. The molecule has 2 heterocycles. The van der Waals surface area contributed by atoms with Gasteiger partial charge in [0.05, 0.1) is 44.8 Å². The average molecular weight is 526 g/mol. The van der Waals surface area contributed by atoms with Gasteiger partial charge in [-0.05, 0) is 67.3 Å². The lowest BCUT2D eigenvalue weighted by Crippen LogP contribution is -2.39. The zero-order valence-electron chi connectivity index (χ0n) is 22.2. The summed E-state index contributed by atoms with van der Waals surface area (Å²) >= 11 is 1.55. The topological polar surface area (TPSA) is 73.4 Å². The van der Waals surface area contributed by atoms with Gasteiger partial charge in [0.2, 0.25) is 5.75 Å². The largest absolute Gasteiger partial charge is 0.493 e. The van der Waals surface area contributed by atoms with Gasteiger partial charge in [-0.15, -0.1) is 0 Å². The van der Waals surface area contributed by atoms with Crippen molar-refractivity contribution in [1.82, 2.24) is 9.88 Å². The fourth-order valence-corrected chi connectivity index (χ4v) is 5.39. The van der Waals surface area contributed by atoms with Gasteiger partial charge in [0.1, 0.15) is 0 Å². The van der Waals surface area contributed by atoms with E-state index in [0.29, 0.717) is 28.9 Å². The summed E-state index contributed by atoms with van der Waals surface area (Å²) in [5.74, 6) is 1.46. The highest BCUT2D eigenvalue weighted by Gasteiger charge is 2.20. The molecule has 0 radical (unpaired) electrons. The van der Waals surface area contributed by atoms with Crippen LogP contribution >= 0.6 is 11.3 Å². The van der Waals surface area contributed by atoms with Crippen LogP contribution in [-0.2, 0) is 9.53 Å². The second-order valence-electron chi connectivity index (χ2n) is 8.99. The Morgan fingerprint density at radius 3 is 2.38 bits per heavy atom.